The lowest BCUT2D eigenvalue weighted by Crippen LogP contribution is -2.66. The summed E-state index contributed by atoms with van der Waals surface area (Å²) in [5.74, 6) is -2.30. The van der Waals surface area contributed by atoms with E-state index in [9.17, 15) is 19.8 Å². The van der Waals surface area contributed by atoms with E-state index in [1.807, 2.05) is 13.8 Å². The van der Waals surface area contributed by atoms with Gasteiger partial charge in [-0.15, -0.1) is 0 Å². The van der Waals surface area contributed by atoms with E-state index in [0.29, 0.717) is 6.42 Å². The molecule has 7 atom stereocenters. The molecule has 2 saturated carbocycles. The Kier molecular flexibility index (Phi) is 2.21. The Morgan fingerprint density at radius 1 is 1.19 bits per heavy atom. The van der Waals surface area contributed by atoms with Gasteiger partial charge in [0.1, 0.15) is 5.60 Å². The van der Waals surface area contributed by atoms with Gasteiger partial charge in [0.25, 0.3) is 0 Å². The fraction of sp³-hybridized carbons (Fsp3) is 0.867. The van der Waals surface area contributed by atoms with Gasteiger partial charge < -0.3 is 19.7 Å². The predicted molar refractivity (Wildman–Crippen MR) is 68.8 cm³/mol. The van der Waals surface area contributed by atoms with Gasteiger partial charge in [-0.2, -0.15) is 0 Å². The quantitative estimate of drug-likeness (QED) is 0.662. The summed E-state index contributed by atoms with van der Waals surface area (Å²) in [5, 5.41) is 22.0. The molecule has 0 radical (unpaired) electrons. The molecule has 6 nitrogen and oxygen atoms in total. The van der Waals surface area contributed by atoms with Crippen LogP contribution in [0.2, 0.25) is 0 Å². The Hall–Kier alpha value is -1.14. The number of carbonyl (C=O) groups is 2. The third-order valence-electron chi connectivity index (χ3n) is 6.69. The van der Waals surface area contributed by atoms with E-state index in [2.05, 4.69) is 0 Å². The highest BCUT2D eigenvalue weighted by atomic mass is 16.6. The van der Waals surface area contributed by atoms with Gasteiger partial charge in [0, 0.05) is 0 Å². The van der Waals surface area contributed by atoms with Crippen molar-refractivity contribution in [3.63, 3.8) is 0 Å². The Balaban J connectivity index is 1.94. The third kappa shape index (κ3) is 1.10. The number of aliphatic hydroxyl groups is 2. The zero-order chi connectivity index (χ0) is 15.4. The van der Waals surface area contributed by atoms with Crippen LogP contribution in [0.5, 0.6) is 0 Å². The van der Waals surface area contributed by atoms with Gasteiger partial charge in [0.2, 0.25) is 0 Å². The van der Waals surface area contributed by atoms with Crippen LogP contribution < -0.4 is 0 Å². The van der Waals surface area contributed by atoms with Crippen molar-refractivity contribution in [3.8, 4) is 0 Å². The fourth-order valence-corrected chi connectivity index (χ4v) is 5.37. The minimum Gasteiger partial charge on any atom is -0.455 e. The molecular formula is C15H20O6. The summed E-state index contributed by atoms with van der Waals surface area (Å²) in [4.78, 5) is 24.5. The molecule has 0 spiro atoms. The highest BCUT2D eigenvalue weighted by Crippen LogP contribution is 2.68. The summed E-state index contributed by atoms with van der Waals surface area (Å²) in [6.07, 6.45) is -0.890. The van der Waals surface area contributed by atoms with Crippen molar-refractivity contribution in [2.45, 2.75) is 57.0 Å². The molecule has 2 heterocycles. The van der Waals surface area contributed by atoms with Gasteiger partial charge >= 0.3 is 11.9 Å². The molecule has 6 heteroatoms. The van der Waals surface area contributed by atoms with Crippen LogP contribution in [-0.4, -0.2) is 45.6 Å². The summed E-state index contributed by atoms with van der Waals surface area (Å²) in [7, 11) is 0. The Labute approximate surface area is 122 Å². The molecule has 2 saturated heterocycles. The Morgan fingerprint density at radius 2 is 1.86 bits per heavy atom. The van der Waals surface area contributed by atoms with Crippen molar-refractivity contribution in [2.75, 3.05) is 0 Å². The zero-order valence-electron chi connectivity index (χ0n) is 12.3. The zero-order valence-corrected chi connectivity index (χ0v) is 12.3. The van der Waals surface area contributed by atoms with Crippen LogP contribution in [0.15, 0.2) is 0 Å². The van der Waals surface area contributed by atoms with Gasteiger partial charge in [0.15, 0.2) is 17.8 Å². The van der Waals surface area contributed by atoms with E-state index >= 15 is 0 Å². The molecule has 0 aromatic heterocycles. The minimum absolute atomic E-state index is 0.212. The first kappa shape index (κ1) is 13.5. The monoisotopic (exact) mass is 296 g/mol. The number of hydrogen-bond donors (Lipinski definition) is 2. The van der Waals surface area contributed by atoms with E-state index in [1.165, 1.54) is 0 Å². The number of rotatable bonds is 1. The molecule has 4 aliphatic rings. The highest BCUT2D eigenvalue weighted by Gasteiger charge is 2.83. The second-order valence-corrected chi connectivity index (χ2v) is 7.49. The summed E-state index contributed by atoms with van der Waals surface area (Å²) >= 11 is 0. The SMILES string of the molecule is CC(C)C1(O)C2OC(=O)C1C1CCC3(O)C(=O)OC2C13C. The molecule has 2 aliphatic heterocycles. The minimum atomic E-state index is -1.56. The average Bonchev–Trinajstić information content (AvgIpc) is 2.86. The van der Waals surface area contributed by atoms with Gasteiger partial charge in [-0.3, -0.25) is 4.79 Å². The second kappa shape index (κ2) is 3.43. The molecule has 21 heavy (non-hydrogen) atoms. The van der Waals surface area contributed by atoms with Crippen LogP contribution in [0.3, 0.4) is 0 Å². The number of fused-ring (bicyclic) bond motifs is 4. The number of ether oxygens (including phenoxy) is 2. The van der Waals surface area contributed by atoms with Crippen LogP contribution in [0.1, 0.15) is 33.6 Å². The maximum atomic E-state index is 12.3. The molecule has 0 amide bonds. The standard InChI is InChI=1S/C15H20O6/c1-6(2)15(19)8-7-4-5-14(18)12(17)21-9(13(7,14)3)10(15)20-11(8)16/h6-10,18-19H,4-5H2,1-3H3. The lowest BCUT2D eigenvalue weighted by atomic mass is 9.53. The van der Waals surface area contributed by atoms with E-state index in [0.717, 1.165) is 0 Å². The van der Waals surface area contributed by atoms with Crippen molar-refractivity contribution in [1.82, 2.24) is 0 Å². The van der Waals surface area contributed by atoms with Crippen LogP contribution in [0, 0.1) is 23.2 Å². The molecule has 116 valence electrons. The van der Waals surface area contributed by atoms with E-state index in [-0.39, 0.29) is 18.3 Å². The molecular weight excluding hydrogens is 276 g/mol. The normalized spacial score (nSPS) is 57.4. The van der Waals surface area contributed by atoms with Crippen LogP contribution in [0.4, 0.5) is 0 Å². The van der Waals surface area contributed by atoms with E-state index < -0.39 is 46.7 Å². The predicted octanol–water partition coefficient (Wildman–Crippen LogP) is 0.00150. The molecule has 2 aliphatic carbocycles. The van der Waals surface area contributed by atoms with Crippen molar-refractivity contribution in [1.29, 1.82) is 0 Å². The molecule has 2 N–H and O–H groups in total. The molecule has 4 rings (SSSR count). The maximum absolute atomic E-state index is 12.3. The average molecular weight is 296 g/mol. The molecule has 4 fully saturated rings. The molecule has 2 bridgehead atoms. The highest BCUT2D eigenvalue weighted by molar-refractivity contribution is 5.87. The lowest BCUT2D eigenvalue weighted by Gasteiger charge is -2.51. The smallest absolute Gasteiger partial charge is 0.339 e. The van der Waals surface area contributed by atoms with Gasteiger partial charge in [-0.05, 0) is 24.7 Å². The lowest BCUT2D eigenvalue weighted by molar-refractivity contribution is -0.202. The molecule has 0 aromatic carbocycles. The molecule has 0 aromatic rings. The Bertz CT molecular complexity index is 554. The van der Waals surface area contributed by atoms with Crippen molar-refractivity contribution in [2.24, 2.45) is 23.2 Å². The largest absolute Gasteiger partial charge is 0.455 e. The van der Waals surface area contributed by atoms with E-state index in [4.69, 9.17) is 9.47 Å². The fourth-order valence-electron chi connectivity index (χ4n) is 5.37. The summed E-state index contributed by atoms with van der Waals surface area (Å²) in [6.45, 7) is 5.47. The van der Waals surface area contributed by atoms with Crippen LogP contribution in [0.25, 0.3) is 0 Å². The van der Waals surface area contributed by atoms with Crippen molar-refractivity contribution < 1.29 is 29.3 Å². The Morgan fingerprint density at radius 3 is 2.48 bits per heavy atom. The number of carbonyl (C=O) groups excluding carboxylic acids is 2. The maximum Gasteiger partial charge on any atom is 0.339 e. The van der Waals surface area contributed by atoms with Gasteiger partial charge in [-0.25, -0.2) is 4.79 Å². The number of esters is 2. The van der Waals surface area contributed by atoms with Crippen molar-refractivity contribution >= 4 is 11.9 Å². The summed E-state index contributed by atoms with van der Waals surface area (Å²) in [6, 6.07) is 0. The van der Waals surface area contributed by atoms with Crippen molar-refractivity contribution in [3.05, 3.63) is 0 Å². The summed E-state index contributed by atoms with van der Waals surface area (Å²) in [5.41, 5.74) is -3.78. The van der Waals surface area contributed by atoms with Crippen LogP contribution >= 0.6 is 0 Å². The van der Waals surface area contributed by atoms with Crippen LogP contribution in [-0.2, 0) is 19.1 Å². The number of hydrogen-bond acceptors (Lipinski definition) is 6. The van der Waals surface area contributed by atoms with Gasteiger partial charge in [0.05, 0.1) is 11.3 Å². The first-order chi connectivity index (χ1) is 9.69. The second-order valence-electron chi connectivity index (χ2n) is 7.49. The summed E-state index contributed by atoms with van der Waals surface area (Å²) < 4.78 is 10.8. The molecule has 7 unspecified atom stereocenters. The topological polar surface area (TPSA) is 93.1 Å². The van der Waals surface area contributed by atoms with E-state index in [1.54, 1.807) is 6.92 Å². The third-order valence-corrected chi connectivity index (χ3v) is 6.69. The first-order valence-electron chi connectivity index (χ1n) is 7.55. The van der Waals surface area contributed by atoms with Gasteiger partial charge in [-0.1, -0.05) is 20.8 Å². The first-order valence-corrected chi connectivity index (χ1v) is 7.55.